The Labute approximate surface area is 92.1 Å². The molecule has 1 N–H and O–H groups in total. The molecule has 1 rings (SSSR count). The molecule has 0 amide bonds. The average molecular weight is 250 g/mol. The van der Waals surface area contributed by atoms with E-state index in [1.807, 2.05) is 0 Å². The third kappa shape index (κ3) is 2.72. The second-order valence-corrected chi connectivity index (χ2v) is 6.22. The molecule has 1 heterocycles. The fourth-order valence-electron chi connectivity index (χ4n) is 0.767. The van der Waals surface area contributed by atoms with Crippen LogP contribution in [0.5, 0.6) is 0 Å². The second kappa shape index (κ2) is 4.32. The zero-order valence-corrected chi connectivity index (χ0v) is 9.71. The molecule has 0 aliphatic rings. The van der Waals surface area contributed by atoms with Gasteiger partial charge in [0, 0.05) is 0 Å². The first-order chi connectivity index (χ1) is 6.45. The summed E-state index contributed by atoms with van der Waals surface area (Å²) in [5.74, 6) is 2.28. The van der Waals surface area contributed by atoms with Gasteiger partial charge in [-0.3, -0.25) is 0 Å². The molecule has 14 heavy (non-hydrogen) atoms. The topological polar surface area (TPSA) is 46.2 Å². The van der Waals surface area contributed by atoms with Crippen molar-refractivity contribution in [3.63, 3.8) is 0 Å². The molecule has 0 aliphatic carbocycles. The number of thiophene rings is 1. The van der Waals surface area contributed by atoms with Crippen LogP contribution in [0.25, 0.3) is 0 Å². The van der Waals surface area contributed by atoms with E-state index in [0.29, 0.717) is 4.34 Å². The number of nitrogens with one attached hydrogen (secondary N) is 1. The summed E-state index contributed by atoms with van der Waals surface area (Å²) in [4.78, 5) is 0. The summed E-state index contributed by atoms with van der Waals surface area (Å²) in [5, 5.41) is 0. The van der Waals surface area contributed by atoms with Crippen molar-refractivity contribution in [2.75, 3.05) is 0 Å². The quantitative estimate of drug-likeness (QED) is 0.829. The van der Waals surface area contributed by atoms with Crippen LogP contribution >= 0.6 is 22.9 Å². The van der Waals surface area contributed by atoms with Crippen LogP contribution in [0.1, 0.15) is 6.92 Å². The standard InChI is InChI=1S/C8H8ClNO2S2/c1-3-6(2)10-14(11,12)8-5-4-7(9)13-8/h1,4-6,10H,2H3/t6-/m0/s1. The average Bonchev–Trinajstić information content (AvgIpc) is 2.51. The maximum absolute atomic E-state index is 11.6. The van der Waals surface area contributed by atoms with Crippen LogP contribution in [-0.2, 0) is 10.0 Å². The number of hydrogen-bond donors (Lipinski definition) is 1. The van der Waals surface area contributed by atoms with E-state index in [1.165, 1.54) is 12.1 Å². The fraction of sp³-hybridized carbons (Fsp3) is 0.250. The van der Waals surface area contributed by atoms with Crippen molar-refractivity contribution in [3.8, 4) is 12.3 Å². The summed E-state index contributed by atoms with van der Waals surface area (Å²) in [6, 6.07) is 2.45. The minimum absolute atomic E-state index is 0.171. The van der Waals surface area contributed by atoms with Crippen molar-refractivity contribution in [2.45, 2.75) is 17.2 Å². The monoisotopic (exact) mass is 249 g/mol. The zero-order chi connectivity index (χ0) is 10.8. The Morgan fingerprint density at radius 3 is 2.71 bits per heavy atom. The van der Waals surface area contributed by atoms with Crippen LogP contribution in [0.15, 0.2) is 16.3 Å². The van der Waals surface area contributed by atoms with Crippen LogP contribution in [0.2, 0.25) is 4.34 Å². The molecule has 1 aromatic rings. The molecular weight excluding hydrogens is 242 g/mol. The van der Waals surface area contributed by atoms with Crippen molar-refractivity contribution >= 4 is 33.0 Å². The molecule has 0 aromatic carbocycles. The first-order valence-electron chi connectivity index (χ1n) is 3.69. The Morgan fingerprint density at radius 2 is 2.29 bits per heavy atom. The summed E-state index contributed by atoms with van der Waals surface area (Å²) in [7, 11) is -3.51. The zero-order valence-electron chi connectivity index (χ0n) is 7.32. The molecule has 0 saturated carbocycles. The molecule has 3 nitrogen and oxygen atoms in total. The van der Waals surface area contributed by atoms with Gasteiger partial charge in [0.05, 0.1) is 10.4 Å². The summed E-state index contributed by atoms with van der Waals surface area (Å²) < 4.78 is 26.0. The largest absolute Gasteiger partial charge is 0.251 e. The van der Waals surface area contributed by atoms with Crippen molar-refractivity contribution in [1.82, 2.24) is 4.72 Å². The van der Waals surface area contributed by atoms with Gasteiger partial charge in [0.1, 0.15) is 4.21 Å². The van der Waals surface area contributed by atoms with Gasteiger partial charge in [0.15, 0.2) is 0 Å². The lowest BCUT2D eigenvalue weighted by molar-refractivity contribution is 0.580. The van der Waals surface area contributed by atoms with Gasteiger partial charge in [0.2, 0.25) is 0 Å². The lowest BCUT2D eigenvalue weighted by atomic mass is 10.4. The Balaban J connectivity index is 2.93. The van der Waals surface area contributed by atoms with E-state index in [0.717, 1.165) is 11.3 Å². The van der Waals surface area contributed by atoms with Crippen LogP contribution in [-0.4, -0.2) is 14.5 Å². The molecule has 76 valence electrons. The van der Waals surface area contributed by atoms with Gasteiger partial charge in [0.25, 0.3) is 10.0 Å². The van der Waals surface area contributed by atoms with Crippen LogP contribution < -0.4 is 4.72 Å². The SMILES string of the molecule is C#C[C@H](C)NS(=O)(=O)c1ccc(Cl)s1. The number of hydrogen-bond acceptors (Lipinski definition) is 3. The minimum Gasteiger partial charge on any atom is -0.206 e. The molecule has 0 saturated heterocycles. The number of terminal acetylenes is 1. The van der Waals surface area contributed by atoms with Crippen LogP contribution in [0, 0.1) is 12.3 Å². The van der Waals surface area contributed by atoms with Crippen molar-refractivity contribution in [3.05, 3.63) is 16.5 Å². The molecule has 6 heteroatoms. The lowest BCUT2D eigenvalue weighted by Gasteiger charge is -2.06. The van der Waals surface area contributed by atoms with E-state index in [-0.39, 0.29) is 4.21 Å². The molecule has 1 atom stereocenters. The van der Waals surface area contributed by atoms with E-state index in [1.54, 1.807) is 6.92 Å². The van der Waals surface area contributed by atoms with E-state index < -0.39 is 16.1 Å². The second-order valence-electron chi connectivity index (χ2n) is 2.57. The van der Waals surface area contributed by atoms with Crippen LogP contribution in [0.4, 0.5) is 0 Å². The summed E-state index contributed by atoms with van der Waals surface area (Å²) in [6.45, 7) is 1.59. The Hall–Kier alpha value is -0.540. The van der Waals surface area contributed by atoms with Gasteiger partial charge in [-0.2, -0.15) is 4.72 Å². The maximum Gasteiger partial charge on any atom is 0.251 e. The lowest BCUT2D eigenvalue weighted by Crippen LogP contribution is -2.30. The van der Waals surface area contributed by atoms with Gasteiger partial charge >= 0.3 is 0 Å². The smallest absolute Gasteiger partial charge is 0.206 e. The minimum atomic E-state index is -3.51. The first kappa shape index (κ1) is 11.5. The normalized spacial score (nSPS) is 13.5. The van der Waals surface area contributed by atoms with Crippen molar-refractivity contribution in [1.29, 1.82) is 0 Å². The molecule has 0 aliphatic heterocycles. The molecule has 0 spiro atoms. The maximum atomic E-state index is 11.6. The van der Waals surface area contributed by atoms with Crippen molar-refractivity contribution in [2.24, 2.45) is 0 Å². The van der Waals surface area contributed by atoms with Crippen molar-refractivity contribution < 1.29 is 8.42 Å². The van der Waals surface area contributed by atoms with E-state index in [2.05, 4.69) is 10.6 Å². The van der Waals surface area contributed by atoms with E-state index in [4.69, 9.17) is 18.0 Å². The van der Waals surface area contributed by atoms with Gasteiger partial charge in [-0.1, -0.05) is 17.5 Å². The molecular formula is C8H8ClNO2S2. The summed E-state index contributed by atoms with van der Waals surface area (Å²) in [6.07, 6.45) is 5.06. The first-order valence-corrected chi connectivity index (χ1v) is 6.37. The van der Waals surface area contributed by atoms with Gasteiger partial charge < -0.3 is 0 Å². The highest BCUT2D eigenvalue weighted by Gasteiger charge is 2.17. The highest BCUT2D eigenvalue weighted by Crippen LogP contribution is 2.25. The van der Waals surface area contributed by atoms with Gasteiger partial charge in [-0.05, 0) is 19.1 Å². The van der Waals surface area contributed by atoms with Crippen LogP contribution in [0.3, 0.4) is 0 Å². The summed E-state index contributed by atoms with van der Waals surface area (Å²) >= 11 is 6.62. The Kier molecular flexibility index (Phi) is 3.56. The fourth-order valence-corrected chi connectivity index (χ4v) is 3.43. The Bertz CT molecular complexity index is 458. The summed E-state index contributed by atoms with van der Waals surface area (Å²) in [5.41, 5.74) is 0. The molecule has 0 unspecified atom stereocenters. The molecule has 0 fully saturated rings. The van der Waals surface area contributed by atoms with E-state index >= 15 is 0 Å². The van der Waals surface area contributed by atoms with Gasteiger partial charge in [-0.15, -0.1) is 17.8 Å². The van der Waals surface area contributed by atoms with E-state index in [9.17, 15) is 8.42 Å². The number of halogens is 1. The van der Waals surface area contributed by atoms with Gasteiger partial charge in [-0.25, -0.2) is 8.42 Å². The third-order valence-corrected chi connectivity index (χ3v) is 4.66. The number of rotatable bonds is 3. The predicted molar refractivity (Wildman–Crippen MR) is 57.9 cm³/mol. The third-order valence-electron chi connectivity index (χ3n) is 1.40. The highest BCUT2D eigenvalue weighted by molar-refractivity contribution is 7.91. The predicted octanol–water partition coefficient (Wildman–Crippen LogP) is 1.70. The molecule has 1 aromatic heterocycles. The Morgan fingerprint density at radius 1 is 1.64 bits per heavy atom. The number of sulfonamides is 1. The molecule has 0 radical (unpaired) electrons. The highest BCUT2D eigenvalue weighted by atomic mass is 35.5. The molecule has 0 bridgehead atoms.